The number of thioether (sulfide) groups is 1. The fraction of sp³-hybridized carbons (Fsp3) is 0.786. The Labute approximate surface area is 139 Å². The Morgan fingerprint density at radius 3 is 2.74 bits per heavy atom. The predicted molar refractivity (Wildman–Crippen MR) is 98.9 cm³/mol. The number of nitrogens with zero attached hydrogens (tertiary/aromatic N) is 2. The molecule has 0 radical (unpaired) electrons. The Morgan fingerprint density at radius 2 is 2.16 bits per heavy atom. The van der Waals surface area contributed by atoms with Crippen LogP contribution < -0.4 is 5.32 Å². The molecule has 0 bridgehead atoms. The van der Waals surface area contributed by atoms with E-state index in [0.717, 1.165) is 49.6 Å². The molecule has 3 nitrogen and oxygen atoms in total. The standard InChI is InChI=1S/C14H27N3S.HI/c1-4-11-18-12-8-16-14(15-5-2)17-9-6-13(3)7-10-17;/h4,13H,1,5-12H2,2-3H3,(H,15,16);1H. The van der Waals surface area contributed by atoms with E-state index in [2.05, 4.69) is 30.6 Å². The molecule has 1 fully saturated rings. The summed E-state index contributed by atoms with van der Waals surface area (Å²) < 4.78 is 0. The van der Waals surface area contributed by atoms with Crippen molar-refractivity contribution in [2.75, 3.05) is 37.7 Å². The summed E-state index contributed by atoms with van der Waals surface area (Å²) in [6.45, 7) is 12.3. The Kier molecular flexibility index (Phi) is 11.9. The molecular formula is C14H28IN3S. The monoisotopic (exact) mass is 397 g/mol. The number of hydrogen-bond donors (Lipinski definition) is 1. The lowest BCUT2D eigenvalue weighted by atomic mass is 10.00. The molecular weight excluding hydrogens is 369 g/mol. The molecule has 0 aromatic heterocycles. The van der Waals surface area contributed by atoms with Gasteiger partial charge >= 0.3 is 0 Å². The molecule has 0 spiro atoms. The van der Waals surface area contributed by atoms with Crippen LogP contribution in [0.25, 0.3) is 0 Å². The highest BCUT2D eigenvalue weighted by Gasteiger charge is 2.18. The van der Waals surface area contributed by atoms with Crippen LogP contribution in [0, 0.1) is 5.92 Å². The first-order valence-electron chi connectivity index (χ1n) is 6.99. The van der Waals surface area contributed by atoms with Crippen molar-refractivity contribution in [2.45, 2.75) is 26.7 Å². The zero-order valence-corrected chi connectivity index (χ0v) is 15.4. The zero-order chi connectivity index (χ0) is 13.2. The van der Waals surface area contributed by atoms with Crippen molar-refractivity contribution in [3.63, 3.8) is 0 Å². The van der Waals surface area contributed by atoms with Crippen molar-refractivity contribution in [1.29, 1.82) is 0 Å². The second kappa shape index (κ2) is 11.9. The molecule has 5 heteroatoms. The average molecular weight is 397 g/mol. The summed E-state index contributed by atoms with van der Waals surface area (Å²) in [5.41, 5.74) is 0. The summed E-state index contributed by atoms with van der Waals surface area (Å²) in [4.78, 5) is 7.11. The highest BCUT2D eigenvalue weighted by molar-refractivity contribution is 14.0. The number of halogens is 1. The highest BCUT2D eigenvalue weighted by Crippen LogP contribution is 2.15. The topological polar surface area (TPSA) is 27.6 Å². The molecule has 19 heavy (non-hydrogen) atoms. The molecule has 1 N–H and O–H groups in total. The maximum Gasteiger partial charge on any atom is 0.193 e. The van der Waals surface area contributed by atoms with Crippen LogP contribution in [-0.2, 0) is 0 Å². The summed E-state index contributed by atoms with van der Waals surface area (Å²) in [7, 11) is 0. The SMILES string of the molecule is C=CCSCCN=C(NCC)N1CCC(C)CC1.I. The first kappa shape index (κ1) is 19.1. The number of guanidine groups is 1. The second-order valence-corrected chi connectivity index (χ2v) is 5.92. The van der Waals surface area contributed by atoms with Gasteiger partial charge in [-0.2, -0.15) is 11.8 Å². The lowest BCUT2D eigenvalue weighted by Crippen LogP contribution is -2.45. The van der Waals surface area contributed by atoms with Crippen LogP contribution in [-0.4, -0.2) is 48.5 Å². The number of aliphatic imine (C=N–C) groups is 1. The van der Waals surface area contributed by atoms with Crippen LogP contribution in [0.3, 0.4) is 0 Å². The molecule has 1 saturated heterocycles. The van der Waals surface area contributed by atoms with Gasteiger partial charge in [0.05, 0.1) is 6.54 Å². The maximum absolute atomic E-state index is 4.71. The van der Waals surface area contributed by atoms with Crippen LogP contribution in [0.2, 0.25) is 0 Å². The molecule has 0 aliphatic carbocycles. The third-order valence-electron chi connectivity index (χ3n) is 3.15. The van der Waals surface area contributed by atoms with E-state index in [1.807, 2.05) is 17.8 Å². The van der Waals surface area contributed by atoms with Gasteiger partial charge in [-0.3, -0.25) is 4.99 Å². The van der Waals surface area contributed by atoms with Gasteiger partial charge in [0.2, 0.25) is 0 Å². The molecule has 0 aromatic carbocycles. The van der Waals surface area contributed by atoms with E-state index >= 15 is 0 Å². The van der Waals surface area contributed by atoms with Gasteiger partial charge in [-0.15, -0.1) is 30.6 Å². The lowest BCUT2D eigenvalue weighted by molar-refractivity contribution is 0.273. The Morgan fingerprint density at radius 1 is 1.47 bits per heavy atom. The van der Waals surface area contributed by atoms with Crippen LogP contribution in [0.5, 0.6) is 0 Å². The fourth-order valence-electron chi connectivity index (χ4n) is 2.03. The summed E-state index contributed by atoms with van der Waals surface area (Å²) in [6, 6.07) is 0. The fourth-order valence-corrected chi connectivity index (χ4v) is 2.58. The largest absolute Gasteiger partial charge is 0.357 e. The number of piperidine rings is 1. The summed E-state index contributed by atoms with van der Waals surface area (Å²) in [5, 5.41) is 3.40. The van der Waals surface area contributed by atoms with Gasteiger partial charge in [0.25, 0.3) is 0 Å². The quantitative estimate of drug-likeness (QED) is 0.245. The molecule has 1 heterocycles. The van der Waals surface area contributed by atoms with E-state index in [1.165, 1.54) is 12.8 Å². The Hall–Kier alpha value is 0.0900. The predicted octanol–water partition coefficient (Wildman–Crippen LogP) is 3.22. The number of hydrogen-bond acceptors (Lipinski definition) is 2. The second-order valence-electron chi connectivity index (χ2n) is 4.77. The number of likely N-dealkylation sites (tertiary alicyclic amines) is 1. The van der Waals surface area contributed by atoms with Crippen molar-refractivity contribution in [3.8, 4) is 0 Å². The van der Waals surface area contributed by atoms with E-state index in [1.54, 1.807) is 0 Å². The number of nitrogens with one attached hydrogen (secondary N) is 1. The number of rotatable bonds is 6. The van der Waals surface area contributed by atoms with Crippen molar-refractivity contribution >= 4 is 41.7 Å². The van der Waals surface area contributed by atoms with Crippen molar-refractivity contribution < 1.29 is 0 Å². The lowest BCUT2D eigenvalue weighted by Gasteiger charge is -2.33. The van der Waals surface area contributed by atoms with E-state index in [-0.39, 0.29) is 24.0 Å². The van der Waals surface area contributed by atoms with E-state index in [0.29, 0.717) is 0 Å². The molecule has 1 aliphatic heterocycles. The first-order valence-corrected chi connectivity index (χ1v) is 8.15. The Balaban J connectivity index is 0.00000324. The Bertz CT molecular complexity index is 263. The van der Waals surface area contributed by atoms with Crippen molar-refractivity contribution in [3.05, 3.63) is 12.7 Å². The minimum absolute atomic E-state index is 0. The van der Waals surface area contributed by atoms with Gasteiger partial charge in [-0.25, -0.2) is 0 Å². The molecule has 0 aromatic rings. The summed E-state index contributed by atoms with van der Waals surface area (Å²) >= 11 is 1.89. The minimum Gasteiger partial charge on any atom is -0.357 e. The van der Waals surface area contributed by atoms with Crippen molar-refractivity contribution in [2.24, 2.45) is 10.9 Å². The van der Waals surface area contributed by atoms with Gasteiger partial charge in [-0.1, -0.05) is 13.0 Å². The third kappa shape index (κ3) is 8.07. The van der Waals surface area contributed by atoms with Gasteiger partial charge in [0.1, 0.15) is 0 Å². The molecule has 0 saturated carbocycles. The van der Waals surface area contributed by atoms with Crippen LogP contribution in [0.4, 0.5) is 0 Å². The van der Waals surface area contributed by atoms with Gasteiger partial charge < -0.3 is 10.2 Å². The molecule has 112 valence electrons. The molecule has 0 amide bonds. The van der Waals surface area contributed by atoms with Gasteiger partial charge in [0.15, 0.2) is 5.96 Å². The van der Waals surface area contributed by atoms with E-state index in [4.69, 9.17) is 4.99 Å². The summed E-state index contributed by atoms with van der Waals surface area (Å²) in [6.07, 6.45) is 4.52. The molecule has 0 unspecified atom stereocenters. The summed E-state index contributed by atoms with van der Waals surface area (Å²) in [5.74, 6) is 4.06. The molecule has 0 atom stereocenters. The molecule has 1 rings (SSSR count). The van der Waals surface area contributed by atoms with E-state index in [9.17, 15) is 0 Å². The van der Waals surface area contributed by atoms with Crippen LogP contribution >= 0.6 is 35.7 Å². The van der Waals surface area contributed by atoms with Gasteiger partial charge in [-0.05, 0) is 25.7 Å². The minimum atomic E-state index is 0. The normalized spacial score (nSPS) is 16.9. The average Bonchev–Trinajstić information content (AvgIpc) is 2.38. The highest BCUT2D eigenvalue weighted by atomic mass is 127. The third-order valence-corrected chi connectivity index (χ3v) is 4.09. The smallest absolute Gasteiger partial charge is 0.193 e. The zero-order valence-electron chi connectivity index (χ0n) is 12.2. The maximum atomic E-state index is 4.71. The van der Waals surface area contributed by atoms with Crippen LogP contribution in [0.1, 0.15) is 26.7 Å². The van der Waals surface area contributed by atoms with Crippen molar-refractivity contribution in [1.82, 2.24) is 10.2 Å². The van der Waals surface area contributed by atoms with E-state index < -0.39 is 0 Å². The van der Waals surface area contributed by atoms with Crippen LogP contribution in [0.15, 0.2) is 17.6 Å². The van der Waals surface area contributed by atoms with Gasteiger partial charge in [0, 0.05) is 31.1 Å². The molecule has 1 aliphatic rings. The first-order chi connectivity index (χ1) is 8.77.